The van der Waals surface area contributed by atoms with E-state index >= 15 is 0 Å². The predicted molar refractivity (Wildman–Crippen MR) is 126 cm³/mol. The maximum Gasteiger partial charge on any atom is 0.303 e. The molecule has 3 rings (SSSR count). The first-order valence-electron chi connectivity index (χ1n) is 10.8. The number of hydrogen-bond donors (Lipinski definition) is 2. The highest BCUT2D eigenvalue weighted by Crippen LogP contribution is 2.24. The number of carbonyl (C=O) groups is 2. The van der Waals surface area contributed by atoms with Crippen LogP contribution in [0.5, 0.6) is 5.75 Å². The molecule has 3 aromatic rings. The molecule has 1 atom stereocenters. The normalized spacial score (nSPS) is 11.6. The Morgan fingerprint density at radius 3 is 2.41 bits per heavy atom. The number of carbonyl (C=O) groups excluding carboxylic acids is 1. The van der Waals surface area contributed by atoms with Gasteiger partial charge in [-0.3, -0.25) is 9.59 Å². The van der Waals surface area contributed by atoms with Crippen molar-refractivity contribution in [3.8, 4) is 5.75 Å². The zero-order chi connectivity index (χ0) is 22.9. The molecule has 0 radical (unpaired) electrons. The van der Waals surface area contributed by atoms with E-state index in [1.165, 1.54) is 0 Å². The fourth-order valence-corrected chi connectivity index (χ4v) is 3.41. The highest BCUT2D eigenvalue weighted by Gasteiger charge is 2.17. The summed E-state index contributed by atoms with van der Waals surface area (Å²) in [5, 5.41) is 12.0. The standard InChI is InChI=1S/C27H29NO4/c1-19-11-14-22(15-12-19)20(2)27(31)28-25-17-21(18-32-24-8-4-3-5-9-24)13-16-23(25)7-6-10-26(29)30/h3-5,8-9,11-17,20H,6-7,10,18H2,1-2H3,(H,28,31)(H,29,30). The van der Waals surface area contributed by atoms with E-state index in [0.29, 0.717) is 25.1 Å². The van der Waals surface area contributed by atoms with Crippen molar-refractivity contribution >= 4 is 17.6 Å². The molecule has 2 N–H and O–H groups in total. The number of amides is 1. The summed E-state index contributed by atoms with van der Waals surface area (Å²) >= 11 is 0. The van der Waals surface area contributed by atoms with Crippen LogP contribution in [0.25, 0.3) is 0 Å². The average Bonchev–Trinajstić information content (AvgIpc) is 2.79. The third kappa shape index (κ3) is 6.71. The second-order valence-corrected chi connectivity index (χ2v) is 7.96. The summed E-state index contributed by atoms with van der Waals surface area (Å²) in [6.45, 7) is 4.27. The summed E-state index contributed by atoms with van der Waals surface area (Å²) in [7, 11) is 0. The first-order chi connectivity index (χ1) is 15.4. The molecule has 1 amide bonds. The zero-order valence-electron chi connectivity index (χ0n) is 18.5. The molecule has 0 saturated carbocycles. The topological polar surface area (TPSA) is 75.6 Å². The number of carboxylic acids is 1. The van der Waals surface area contributed by atoms with Crippen molar-refractivity contribution in [1.82, 2.24) is 0 Å². The van der Waals surface area contributed by atoms with Crippen LogP contribution in [0.15, 0.2) is 72.8 Å². The summed E-state index contributed by atoms with van der Waals surface area (Å²) in [5.41, 5.74) is 4.64. The Morgan fingerprint density at radius 2 is 1.72 bits per heavy atom. The number of rotatable bonds is 10. The monoisotopic (exact) mass is 431 g/mol. The lowest BCUT2D eigenvalue weighted by Crippen LogP contribution is -2.20. The van der Waals surface area contributed by atoms with E-state index in [9.17, 15) is 9.59 Å². The first kappa shape index (κ1) is 23.1. The molecule has 32 heavy (non-hydrogen) atoms. The molecule has 0 fully saturated rings. The summed E-state index contributed by atoms with van der Waals surface area (Å²) in [6.07, 6.45) is 1.16. The lowest BCUT2D eigenvalue weighted by atomic mass is 9.98. The Morgan fingerprint density at radius 1 is 1.00 bits per heavy atom. The third-order valence-electron chi connectivity index (χ3n) is 5.39. The van der Waals surface area contributed by atoms with Gasteiger partial charge in [-0.25, -0.2) is 0 Å². The van der Waals surface area contributed by atoms with Gasteiger partial charge >= 0.3 is 5.97 Å². The molecule has 166 valence electrons. The molecule has 0 spiro atoms. The van der Waals surface area contributed by atoms with Crippen molar-refractivity contribution in [3.05, 3.63) is 95.1 Å². The van der Waals surface area contributed by atoms with E-state index < -0.39 is 5.97 Å². The second kappa shape index (κ2) is 11.1. The number of ether oxygens (including phenoxy) is 1. The van der Waals surface area contributed by atoms with Crippen LogP contribution in [-0.2, 0) is 22.6 Å². The number of nitrogens with one attached hydrogen (secondary N) is 1. The molecule has 0 aliphatic heterocycles. The Labute approximate surface area is 189 Å². The van der Waals surface area contributed by atoms with Crippen LogP contribution < -0.4 is 10.1 Å². The van der Waals surface area contributed by atoms with Gasteiger partial charge in [-0.15, -0.1) is 0 Å². The molecule has 0 saturated heterocycles. The quantitative estimate of drug-likeness (QED) is 0.430. The lowest BCUT2D eigenvalue weighted by Gasteiger charge is -2.17. The minimum atomic E-state index is -0.823. The molecule has 5 nitrogen and oxygen atoms in total. The number of aryl methyl sites for hydroxylation is 2. The first-order valence-corrected chi connectivity index (χ1v) is 10.8. The molecule has 0 aliphatic carbocycles. The average molecular weight is 432 g/mol. The van der Waals surface area contributed by atoms with Crippen LogP contribution in [0.2, 0.25) is 0 Å². The zero-order valence-corrected chi connectivity index (χ0v) is 18.5. The van der Waals surface area contributed by atoms with Gasteiger partial charge in [0, 0.05) is 12.1 Å². The van der Waals surface area contributed by atoms with Gasteiger partial charge in [0.25, 0.3) is 0 Å². The number of benzene rings is 3. The Balaban J connectivity index is 1.76. The molecule has 5 heteroatoms. The fraction of sp³-hybridized carbons (Fsp3) is 0.259. The molecule has 0 bridgehead atoms. The van der Waals surface area contributed by atoms with E-state index in [0.717, 1.165) is 28.0 Å². The highest BCUT2D eigenvalue weighted by molar-refractivity contribution is 5.96. The summed E-state index contributed by atoms with van der Waals surface area (Å²) in [4.78, 5) is 23.9. The van der Waals surface area contributed by atoms with Crippen molar-refractivity contribution in [2.24, 2.45) is 0 Å². The largest absolute Gasteiger partial charge is 0.489 e. The summed E-state index contributed by atoms with van der Waals surface area (Å²) < 4.78 is 5.84. The molecule has 0 heterocycles. The van der Waals surface area contributed by atoms with Crippen molar-refractivity contribution in [2.45, 2.75) is 45.6 Å². The SMILES string of the molecule is Cc1ccc(C(C)C(=O)Nc2cc(COc3ccccc3)ccc2CCCC(=O)O)cc1. The minimum Gasteiger partial charge on any atom is -0.489 e. The molecular weight excluding hydrogens is 402 g/mol. The van der Waals surface area contributed by atoms with Crippen molar-refractivity contribution in [1.29, 1.82) is 0 Å². The second-order valence-electron chi connectivity index (χ2n) is 7.96. The molecule has 1 unspecified atom stereocenters. The van der Waals surface area contributed by atoms with E-state index in [-0.39, 0.29) is 18.2 Å². The summed E-state index contributed by atoms with van der Waals surface area (Å²) in [6, 6.07) is 23.3. The molecular formula is C27H29NO4. The Bertz CT molecular complexity index is 1050. The van der Waals surface area contributed by atoms with Crippen molar-refractivity contribution < 1.29 is 19.4 Å². The van der Waals surface area contributed by atoms with Gasteiger partial charge in [0.2, 0.25) is 5.91 Å². The van der Waals surface area contributed by atoms with Gasteiger partial charge in [-0.1, -0.05) is 60.2 Å². The third-order valence-corrected chi connectivity index (χ3v) is 5.39. The van der Waals surface area contributed by atoms with Gasteiger partial charge < -0.3 is 15.2 Å². The van der Waals surface area contributed by atoms with Gasteiger partial charge in [0.15, 0.2) is 0 Å². The maximum absolute atomic E-state index is 13.0. The number of anilines is 1. The van der Waals surface area contributed by atoms with Gasteiger partial charge in [-0.2, -0.15) is 0 Å². The van der Waals surface area contributed by atoms with Crippen LogP contribution in [0.3, 0.4) is 0 Å². The van der Waals surface area contributed by atoms with Gasteiger partial charge in [0.05, 0.1) is 5.92 Å². The van der Waals surface area contributed by atoms with Crippen LogP contribution in [0.4, 0.5) is 5.69 Å². The van der Waals surface area contributed by atoms with Crippen LogP contribution in [0.1, 0.15) is 47.9 Å². The number of para-hydroxylation sites is 1. The number of hydrogen-bond acceptors (Lipinski definition) is 3. The van der Waals surface area contributed by atoms with E-state index in [2.05, 4.69) is 5.32 Å². The fourth-order valence-electron chi connectivity index (χ4n) is 3.41. The molecule has 3 aromatic carbocycles. The highest BCUT2D eigenvalue weighted by atomic mass is 16.5. The van der Waals surface area contributed by atoms with E-state index in [1.54, 1.807) is 0 Å². The van der Waals surface area contributed by atoms with Crippen molar-refractivity contribution in [3.63, 3.8) is 0 Å². The Hall–Kier alpha value is -3.60. The van der Waals surface area contributed by atoms with Crippen LogP contribution in [0, 0.1) is 6.92 Å². The van der Waals surface area contributed by atoms with E-state index in [4.69, 9.17) is 9.84 Å². The predicted octanol–water partition coefficient (Wildman–Crippen LogP) is 5.72. The maximum atomic E-state index is 13.0. The molecule has 0 aliphatic rings. The smallest absolute Gasteiger partial charge is 0.303 e. The molecule has 0 aromatic heterocycles. The minimum absolute atomic E-state index is 0.0893. The van der Waals surface area contributed by atoms with Gasteiger partial charge in [0.1, 0.15) is 12.4 Å². The Kier molecular flexibility index (Phi) is 8.03. The lowest BCUT2D eigenvalue weighted by molar-refractivity contribution is -0.137. The number of carboxylic acid groups (broad SMARTS) is 1. The van der Waals surface area contributed by atoms with E-state index in [1.807, 2.05) is 86.6 Å². The van der Waals surface area contributed by atoms with Gasteiger partial charge in [-0.05, 0) is 61.6 Å². The number of aliphatic carboxylic acids is 1. The summed E-state index contributed by atoms with van der Waals surface area (Å²) in [5.74, 6) is -0.464. The van der Waals surface area contributed by atoms with Crippen LogP contribution >= 0.6 is 0 Å². The van der Waals surface area contributed by atoms with Crippen molar-refractivity contribution in [2.75, 3.05) is 5.32 Å². The van der Waals surface area contributed by atoms with Crippen LogP contribution in [-0.4, -0.2) is 17.0 Å².